The van der Waals surface area contributed by atoms with E-state index in [9.17, 15) is 9.59 Å². The highest BCUT2D eigenvalue weighted by Gasteiger charge is 2.12. The number of benzene rings is 1. The zero-order chi connectivity index (χ0) is 19.6. The van der Waals surface area contributed by atoms with Gasteiger partial charge in [0.15, 0.2) is 4.34 Å². The first-order valence-electron chi connectivity index (χ1n) is 8.50. The molecule has 0 aliphatic carbocycles. The fraction of sp³-hybridized carbons (Fsp3) is 0.412. The predicted octanol–water partition coefficient (Wildman–Crippen LogP) is 3.25. The van der Waals surface area contributed by atoms with Gasteiger partial charge < -0.3 is 15.4 Å². The standard InChI is InChI=1S/C17H23N5O3S2/c1-4-25-13-8-6-5-7-12(13)19-16-21-22-17(27-16)26-10-14(23)20-15(24)18-9-11(2)3/h5-8,11H,4,9-10H2,1-3H3,(H,19,21)(H2,18,20,23,24). The van der Waals surface area contributed by atoms with E-state index < -0.39 is 6.03 Å². The van der Waals surface area contributed by atoms with Crippen molar-refractivity contribution < 1.29 is 14.3 Å². The third-order valence-corrected chi connectivity index (χ3v) is 5.06. The Labute approximate surface area is 166 Å². The van der Waals surface area contributed by atoms with Crippen LogP contribution in [-0.4, -0.2) is 41.0 Å². The SMILES string of the molecule is CCOc1ccccc1Nc1nnc(SCC(=O)NC(=O)NCC(C)C)s1. The Balaban J connectivity index is 1.82. The summed E-state index contributed by atoms with van der Waals surface area (Å²) in [6.45, 7) is 6.96. The molecule has 1 heterocycles. The average Bonchev–Trinajstić information content (AvgIpc) is 3.07. The molecule has 3 amide bonds. The van der Waals surface area contributed by atoms with Crippen molar-refractivity contribution in [2.75, 3.05) is 24.2 Å². The van der Waals surface area contributed by atoms with E-state index in [2.05, 4.69) is 26.1 Å². The maximum atomic E-state index is 11.8. The van der Waals surface area contributed by atoms with Gasteiger partial charge in [-0.05, 0) is 25.0 Å². The van der Waals surface area contributed by atoms with Gasteiger partial charge in [-0.15, -0.1) is 10.2 Å². The van der Waals surface area contributed by atoms with Gasteiger partial charge in [-0.25, -0.2) is 4.79 Å². The molecule has 0 aliphatic heterocycles. The van der Waals surface area contributed by atoms with Crippen molar-refractivity contribution >= 4 is 45.9 Å². The van der Waals surface area contributed by atoms with Crippen LogP contribution in [-0.2, 0) is 4.79 Å². The van der Waals surface area contributed by atoms with Crippen molar-refractivity contribution in [2.45, 2.75) is 25.1 Å². The Morgan fingerprint density at radius 3 is 2.78 bits per heavy atom. The monoisotopic (exact) mass is 409 g/mol. The van der Waals surface area contributed by atoms with Gasteiger partial charge in [-0.1, -0.05) is 49.1 Å². The van der Waals surface area contributed by atoms with Crippen LogP contribution in [0.15, 0.2) is 28.6 Å². The number of amides is 3. The molecule has 0 fully saturated rings. The maximum absolute atomic E-state index is 11.8. The number of aromatic nitrogens is 2. The second kappa shape index (κ2) is 10.7. The van der Waals surface area contributed by atoms with Crippen LogP contribution in [0.4, 0.5) is 15.6 Å². The number of hydrogen-bond acceptors (Lipinski definition) is 8. The first-order valence-corrected chi connectivity index (χ1v) is 10.3. The molecule has 0 atom stereocenters. The van der Waals surface area contributed by atoms with Gasteiger partial charge in [0, 0.05) is 6.54 Å². The van der Waals surface area contributed by atoms with E-state index in [-0.39, 0.29) is 11.7 Å². The van der Waals surface area contributed by atoms with Crippen LogP contribution in [0.5, 0.6) is 5.75 Å². The number of rotatable bonds is 9. The van der Waals surface area contributed by atoms with Crippen molar-refractivity contribution in [3.63, 3.8) is 0 Å². The number of nitrogens with one attached hydrogen (secondary N) is 3. The normalized spacial score (nSPS) is 10.5. The molecule has 2 aromatic rings. The molecule has 2 rings (SSSR count). The number of imide groups is 1. The molecule has 1 aromatic heterocycles. The van der Waals surface area contributed by atoms with Gasteiger partial charge in [0.2, 0.25) is 11.0 Å². The summed E-state index contributed by atoms with van der Waals surface area (Å²) in [5.41, 5.74) is 0.798. The highest BCUT2D eigenvalue weighted by molar-refractivity contribution is 8.01. The molecule has 10 heteroatoms. The van der Waals surface area contributed by atoms with Crippen LogP contribution in [0.3, 0.4) is 0 Å². The summed E-state index contributed by atoms with van der Waals surface area (Å²) in [5, 5.41) is 16.8. The van der Waals surface area contributed by atoms with Crippen molar-refractivity contribution in [3.8, 4) is 5.75 Å². The molecule has 0 unspecified atom stereocenters. The summed E-state index contributed by atoms with van der Waals surface area (Å²) in [5.74, 6) is 0.753. The van der Waals surface area contributed by atoms with E-state index in [4.69, 9.17) is 4.74 Å². The van der Waals surface area contributed by atoms with Crippen molar-refractivity contribution in [3.05, 3.63) is 24.3 Å². The van der Waals surface area contributed by atoms with E-state index in [0.717, 1.165) is 11.4 Å². The van der Waals surface area contributed by atoms with Crippen LogP contribution >= 0.6 is 23.1 Å². The number of ether oxygens (including phenoxy) is 1. The van der Waals surface area contributed by atoms with Gasteiger partial charge in [0.05, 0.1) is 18.0 Å². The van der Waals surface area contributed by atoms with E-state index in [1.165, 1.54) is 23.1 Å². The molecule has 146 valence electrons. The number of urea groups is 1. The van der Waals surface area contributed by atoms with Gasteiger partial charge in [0.1, 0.15) is 5.75 Å². The lowest BCUT2D eigenvalue weighted by molar-refractivity contribution is -0.117. The Morgan fingerprint density at radius 1 is 1.26 bits per heavy atom. The van der Waals surface area contributed by atoms with Crippen LogP contribution in [0, 0.1) is 5.92 Å². The minimum Gasteiger partial charge on any atom is -0.492 e. The molecule has 0 radical (unpaired) electrons. The minimum atomic E-state index is -0.485. The van der Waals surface area contributed by atoms with Gasteiger partial charge in [-0.3, -0.25) is 10.1 Å². The number of para-hydroxylation sites is 2. The molecule has 27 heavy (non-hydrogen) atoms. The summed E-state index contributed by atoms with van der Waals surface area (Å²) in [4.78, 5) is 23.4. The lowest BCUT2D eigenvalue weighted by atomic mass is 10.2. The summed E-state index contributed by atoms with van der Waals surface area (Å²) in [6.07, 6.45) is 0. The lowest BCUT2D eigenvalue weighted by Crippen LogP contribution is -2.41. The Morgan fingerprint density at radius 2 is 2.04 bits per heavy atom. The van der Waals surface area contributed by atoms with Crippen molar-refractivity contribution in [2.24, 2.45) is 5.92 Å². The fourth-order valence-electron chi connectivity index (χ4n) is 1.92. The summed E-state index contributed by atoms with van der Waals surface area (Å²) < 4.78 is 6.19. The van der Waals surface area contributed by atoms with Gasteiger partial charge in [-0.2, -0.15) is 0 Å². The molecule has 1 aromatic carbocycles. The maximum Gasteiger partial charge on any atom is 0.321 e. The van der Waals surface area contributed by atoms with E-state index >= 15 is 0 Å². The number of hydrogen-bond donors (Lipinski definition) is 3. The fourth-order valence-corrected chi connectivity index (χ4v) is 3.48. The van der Waals surface area contributed by atoms with Crippen LogP contribution < -0.4 is 20.7 Å². The zero-order valence-electron chi connectivity index (χ0n) is 15.4. The summed E-state index contributed by atoms with van der Waals surface area (Å²) in [7, 11) is 0. The van der Waals surface area contributed by atoms with Gasteiger partial charge in [0.25, 0.3) is 0 Å². The highest BCUT2D eigenvalue weighted by Crippen LogP contribution is 2.31. The third kappa shape index (κ3) is 7.43. The van der Waals surface area contributed by atoms with Gasteiger partial charge >= 0.3 is 6.03 Å². The average molecular weight is 410 g/mol. The summed E-state index contributed by atoms with van der Waals surface area (Å²) in [6, 6.07) is 7.07. The van der Waals surface area contributed by atoms with Crippen molar-refractivity contribution in [1.82, 2.24) is 20.8 Å². The number of anilines is 2. The van der Waals surface area contributed by atoms with Crippen LogP contribution in [0.25, 0.3) is 0 Å². The molecule has 0 aliphatic rings. The predicted molar refractivity (Wildman–Crippen MR) is 108 cm³/mol. The Bertz CT molecular complexity index is 767. The molecule has 8 nitrogen and oxygen atoms in total. The molecule has 0 spiro atoms. The number of nitrogens with zero attached hydrogens (tertiary/aromatic N) is 2. The molecular weight excluding hydrogens is 386 g/mol. The Hall–Kier alpha value is -2.33. The lowest BCUT2D eigenvalue weighted by Gasteiger charge is -2.09. The Kier molecular flexibility index (Phi) is 8.34. The zero-order valence-corrected chi connectivity index (χ0v) is 17.1. The van der Waals surface area contributed by atoms with E-state index in [1.54, 1.807) is 0 Å². The first kappa shape index (κ1) is 21.0. The number of carbonyl (C=O) groups excluding carboxylic acids is 2. The van der Waals surface area contributed by atoms with Crippen LogP contribution in [0.2, 0.25) is 0 Å². The van der Waals surface area contributed by atoms with Crippen LogP contribution in [0.1, 0.15) is 20.8 Å². The second-order valence-corrected chi connectivity index (χ2v) is 8.07. The third-order valence-electron chi connectivity index (χ3n) is 3.09. The van der Waals surface area contributed by atoms with Crippen molar-refractivity contribution in [1.29, 1.82) is 0 Å². The molecular formula is C17H23N5O3S2. The first-order chi connectivity index (χ1) is 13.0. The van der Waals surface area contributed by atoms with E-state index in [0.29, 0.717) is 28.5 Å². The molecule has 0 saturated carbocycles. The second-order valence-electron chi connectivity index (χ2n) is 5.87. The molecule has 0 saturated heterocycles. The minimum absolute atomic E-state index is 0.0826. The number of carbonyl (C=O) groups is 2. The topological polar surface area (TPSA) is 105 Å². The number of thioether (sulfide) groups is 1. The summed E-state index contributed by atoms with van der Waals surface area (Å²) >= 11 is 2.55. The smallest absolute Gasteiger partial charge is 0.321 e. The van der Waals surface area contributed by atoms with E-state index in [1.807, 2.05) is 45.0 Å². The largest absolute Gasteiger partial charge is 0.492 e. The molecule has 3 N–H and O–H groups in total. The highest BCUT2D eigenvalue weighted by atomic mass is 32.2. The molecule has 0 bridgehead atoms. The quantitative estimate of drug-likeness (QED) is 0.546.